The summed E-state index contributed by atoms with van der Waals surface area (Å²) in [6.45, 7) is 1.75. The summed E-state index contributed by atoms with van der Waals surface area (Å²) in [5.74, 6) is 0. The summed E-state index contributed by atoms with van der Waals surface area (Å²) >= 11 is 0. The average molecular weight is 235 g/mol. The van der Waals surface area contributed by atoms with E-state index in [1.165, 1.54) is 22.0 Å². The Labute approximate surface area is 107 Å². The molecule has 0 saturated heterocycles. The van der Waals surface area contributed by atoms with Gasteiger partial charge in [0.05, 0.1) is 0 Å². The van der Waals surface area contributed by atoms with Crippen LogP contribution in [0.5, 0.6) is 0 Å². The summed E-state index contributed by atoms with van der Waals surface area (Å²) in [5, 5.41) is 4.75. The second-order valence-electron chi connectivity index (χ2n) is 4.37. The van der Waals surface area contributed by atoms with Crippen LogP contribution in [0, 0.1) is 6.07 Å². The van der Waals surface area contributed by atoms with Crippen molar-refractivity contribution in [2.45, 2.75) is 13.1 Å². The number of rotatable bonds is 4. The molecule has 89 valence electrons. The second kappa shape index (κ2) is 5.07. The molecule has 3 aromatic rings. The van der Waals surface area contributed by atoms with Gasteiger partial charge in [0.2, 0.25) is 0 Å². The van der Waals surface area contributed by atoms with E-state index >= 15 is 0 Å². The number of fused-ring (bicyclic) bond motifs is 1. The van der Waals surface area contributed by atoms with Crippen LogP contribution in [-0.2, 0) is 13.1 Å². The molecule has 2 heteroatoms. The molecule has 1 aromatic heterocycles. The van der Waals surface area contributed by atoms with E-state index in [-0.39, 0.29) is 0 Å². The first-order valence-electron chi connectivity index (χ1n) is 6.14. The van der Waals surface area contributed by atoms with Crippen molar-refractivity contribution in [1.82, 2.24) is 10.3 Å². The van der Waals surface area contributed by atoms with Gasteiger partial charge in [0.25, 0.3) is 0 Å². The molecule has 0 unspecified atom stereocenters. The minimum Gasteiger partial charge on any atom is -0.361 e. The standard InChI is InChI=1S/C16H15N2/c1-2-6-13(7-3-1)10-17-11-14-12-18-16-9-5-4-8-15(14)16/h1-2,4-9,12,17-18H,10-11H2. The molecule has 1 heterocycles. The van der Waals surface area contributed by atoms with E-state index in [2.05, 4.69) is 52.9 Å². The van der Waals surface area contributed by atoms with Gasteiger partial charge in [-0.25, -0.2) is 0 Å². The average Bonchev–Trinajstić information content (AvgIpc) is 2.84. The van der Waals surface area contributed by atoms with Crippen LogP contribution in [0.2, 0.25) is 0 Å². The summed E-state index contributed by atoms with van der Waals surface area (Å²) in [7, 11) is 0. The van der Waals surface area contributed by atoms with E-state index in [1.54, 1.807) is 0 Å². The quantitative estimate of drug-likeness (QED) is 0.713. The Morgan fingerprint density at radius 3 is 2.89 bits per heavy atom. The molecule has 2 nitrogen and oxygen atoms in total. The minimum atomic E-state index is 0.872. The molecule has 0 aliphatic rings. The lowest BCUT2D eigenvalue weighted by Crippen LogP contribution is -2.12. The molecule has 0 atom stereocenters. The van der Waals surface area contributed by atoms with E-state index in [0.717, 1.165) is 13.1 Å². The molecule has 2 aromatic carbocycles. The van der Waals surface area contributed by atoms with Crippen LogP contribution in [0.1, 0.15) is 11.1 Å². The zero-order valence-corrected chi connectivity index (χ0v) is 10.1. The number of nitrogens with one attached hydrogen (secondary N) is 2. The first kappa shape index (κ1) is 11.1. The predicted molar refractivity (Wildman–Crippen MR) is 74.1 cm³/mol. The van der Waals surface area contributed by atoms with Crippen molar-refractivity contribution in [3.05, 3.63) is 71.9 Å². The highest BCUT2D eigenvalue weighted by atomic mass is 14.9. The zero-order chi connectivity index (χ0) is 12.2. The summed E-state index contributed by atoms with van der Waals surface area (Å²) in [6, 6.07) is 19.5. The van der Waals surface area contributed by atoms with Crippen LogP contribution in [0.4, 0.5) is 0 Å². The molecule has 0 spiro atoms. The van der Waals surface area contributed by atoms with Gasteiger partial charge in [-0.2, -0.15) is 0 Å². The molecular formula is C16H15N2. The Balaban J connectivity index is 1.67. The Morgan fingerprint density at radius 2 is 2.00 bits per heavy atom. The van der Waals surface area contributed by atoms with Crippen molar-refractivity contribution in [2.75, 3.05) is 0 Å². The SMILES string of the molecule is [c]1cccc(CNCc2c[nH]c3ccccc23)c1. The Kier molecular flexibility index (Phi) is 3.11. The van der Waals surface area contributed by atoms with E-state index < -0.39 is 0 Å². The third-order valence-corrected chi connectivity index (χ3v) is 3.09. The largest absolute Gasteiger partial charge is 0.361 e. The van der Waals surface area contributed by atoms with Gasteiger partial charge in [-0.3, -0.25) is 0 Å². The molecule has 0 aliphatic heterocycles. The van der Waals surface area contributed by atoms with Gasteiger partial charge in [0, 0.05) is 30.2 Å². The fourth-order valence-corrected chi connectivity index (χ4v) is 2.16. The number of benzene rings is 2. The number of hydrogen-bond donors (Lipinski definition) is 2. The van der Waals surface area contributed by atoms with Crippen molar-refractivity contribution >= 4 is 10.9 Å². The zero-order valence-electron chi connectivity index (χ0n) is 10.1. The maximum Gasteiger partial charge on any atom is 0.0457 e. The first-order valence-corrected chi connectivity index (χ1v) is 6.14. The molecule has 0 aliphatic carbocycles. The van der Waals surface area contributed by atoms with Crippen molar-refractivity contribution in [3.63, 3.8) is 0 Å². The number of aromatic amines is 1. The van der Waals surface area contributed by atoms with Crippen LogP contribution in [0.3, 0.4) is 0 Å². The van der Waals surface area contributed by atoms with Crippen LogP contribution in [-0.4, -0.2) is 4.98 Å². The van der Waals surface area contributed by atoms with Gasteiger partial charge in [0.15, 0.2) is 0 Å². The van der Waals surface area contributed by atoms with E-state index in [0.29, 0.717) is 0 Å². The number of hydrogen-bond acceptors (Lipinski definition) is 1. The summed E-state index contributed by atoms with van der Waals surface area (Å²) in [5.41, 5.74) is 3.77. The lowest BCUT2D eigenvalue weighted by Gasteiger charge is -2.03. The molecule has 0 fully saturated rings. The summed E-state index contributed by atoms with van der Waals surface area (Å²) in [6.07, 6.45) is 2.08. The van der Waals surface area contributed by atoms with Gasteiger partial charge < -0.3 is 10.3 Å². The normalized spacial score (nSPS) is 10.9. The van der Waals surface area contributed by atoms with E-state index in [9.17, 15) is 0 Å². The van der Waals surface area contributed by atoms with Crippen LogP contribution < -0.4 is 5.32 Å². The lowest BCUT2D eigenvalue weighted by molar-refractivity contribution is 0.696. The summed E-state index contributed by atoms with van der Waals surface area (Å²) in [4.78, 5) is 3.29. The molecule has 1 radical (unpaired) electrons. The maximum absolute atomic E-state index is 3.46. The maximum atomic E-state index is 3.46. The highest BCUT2D eigenvalue weighted by Gasteiger charge is 2.01. The molecule has 3 rings (SSSR count). The molecule has 0 saturated carbocycles. The third kappa shape index (κ3) is 2.29. The number of para-hydroxylation sites is 1. The van der Waals surface area contributed by atoms with Crippen molar-refractivity contribution < 1.29 is 0 Å². The number of aromatic nitrogens is 1. The van der Waals surface area contributed by atoms with Gasteiger partial charge in [-0.1, -0.05) is 36.4 Å². The molecular weight excluding hydrogens is 220 g/mol. The molecule has 2 N–H and O–H groups in total. The van der Waals surface area contributed by atoms with Gasteiger partial charge >= 0.3 is 0 Å². The molecule has 0 bridgehead atoms. The highest BCUT2D eigenvalue weighted by molar-refractivity contribution is 5.82. The topological polar surface area (TPSA) is 27.8 Å². The van der Waals surface area contributed by atoms with Crippen LogP contribution in [0.25, 0.3) is 10.9 Å². The third-order valence-electron chi connectivity index (χ3n) is 3.09. The van der Waals surface area contributed by atoms with Gasteiger partial charge in [0.1, 0.15) is 0 Å². The first-order chi connectivity index (χ1) is 8.93. The van der Waals surface area contributed by atoms with Crippen LogP contribution in [0.15, 0.2) is 54.7 Å². The Hall–Kier alpha value is -2.06. The molecule has 18 heavy (non-hydrogen) atoms. The summed E-state index contributed by atoms with van der Waals surface area (Å²) < 4.78 is 0. The van der Waals surface area contributed by atoms with E-state index in [1.807, 2.05) is 18.2 Å². The Bertz CT molecular complexity index is 626. The van der Waals surface area contributed by atoms with Gasteiger partial charge in [-0.15, -0.1) is 0 Å². The smallest absolute Gasteiger partial charge is 0.0457 e. The fraction of sp³-hybridized carbons (Fsp3) is 0.125. The highest BCUT2D eigenvalue weighted by Crippen LogP contribution is 2.17. The number of H-pyrrole nitrogens is 1. The van der Waals surface area contributed by atoms with E-state index in [4.69, 9.17) is 0 Å². The molecule has 0 amide bonds. The van der Waals surface area contributed by atoms with Crippen LogP contribution >= 0.6 is 0 Å². The lowest BCUT2D eigenvalue weighted by atomic mass is 10.1. The predicted octanol–water partition coefficient (Wildman–Crippen LogP) is 3.26. The van der Waals surface area contributed by atoms with Crippen molar-refractivity contribution in [3.8, 4) is 0 Å². The van der Waals surface area contributed by atoms with Crippen molar-refractivity contribution in [1.29, 1.82) is 0 Å². The van der Waals surface area contributed by atoms with Gasteiger partial charge in [-0.05, 0) is 29.3 Å². The second-order valence-corrected chi connectivity index (χ2v) is 4.37. The minimum absolute atomic E-state index is 0.872. The monoisotopic (exact) mass is 235 g/mol. The van der Waals surface area contributed by atoms with Crippen molar-refractivity contribution in [2.24, 2.45) is 0 Å². The Morgan fingerprint density at radius 1 is 1.06 bits per heavy atom. The fourth-order valence-electron chi connectivity index (χ4n) is 2.16.